The molecule has 1 heterocycles. The first-order chi connectivity index (χ1) is 14.3. The maximum Gasteiger partial charge on any atom is 0.262 e. The number of methoxy groups -OCH3 is 1. The summed E-state index contributed by atoms with van der Waals surface area (Å²) in [5.41, 5.74) is 7.80. The third-order valence-corrected chi connectivity index (χ3v) is 5.89. The highest BCUT2D eigenvalue weighted by atomic mass is 79.9. The summed E-state index contributed by atoms with van der Waals surface area (Å²) >= 11 is 3.36. The van der Waals surface area contributed by atoms with Gasteiger partial charge < -0.3 is 10.5 Å². The number of hydrogen-bond acceptors (Lipinski definition) is 3. The van der Waals surface area contributed by atoms with Crippen LogP contribution in [-0.4, -0.2) is 23.5 Å². The number of fused-ring (bicyclic) bond motifs is 1. The molecule has 1 atom stereocenters. The Bertz CT molecular complexity index is 1110. The number of nitrogens with two attached hydrogens (primary N) is 1. The molecule has 0 aliphatic heterocycles. The molecule has 2 aromatic carbocycles. The van der Waals surface area contributed by atoms with E-state index in [9.17, 15) is 14.0 Å². The summed E-state index contributed by atoms with van der Waals surface area (Å²) in [4.78, 5) is 25.7. The summed E-state index contributed by atoms with van der Waals surface area (Å²) in [6.45, 7) is 3.79. The van der Waals surface area contributed by atoms with E-state index in [1.54, 1.807) is 37.3 Å². The Hall–Kier alpha value is -2.67. The second-order valence-corrected chi connectivity index (χ2v) is 8.16. The maximum absolute atomic E-state index is 14.6. The summed E-state index contributed by atoms with van der Waals surface area (Å²) in [5.74, 6) is -1.88. The molecule has 1 aromatic heterocycles. The Morgan fingerprint density at radius 3 is 2.47 bits per heavy atom. The monoisotopic (exact) mass is 474 g/mol. The van der Waals surface area contributed by atoms with Crippen molar-refractivity contribution in [2.24, 2.45) is 5.73 Å². The van der Waals surface area contributed by atoms with Crippen LogP contribution in [0.25, 0.3) is 10.9 Å². The van der Waals surface area contributed by atoms with Crippen LogP contribution in [0.15, 0.2) is 40.9 Å². The van der Waals surface area contributed by atoms with E-state index in [1.165, 1.54) is 17.7 Å². The predicted molar refractivity (Wildman–Crippen MR) is 119 cm³/mol. The molecule has 5 nitrogen and oxygen atoms in total. The summed E-state index contributed by atoms with van der Waals surface area (Å²) in [6, 6.07) is 9.75. The fourth-order valence-electron chi connectivity index (χ4n) is 3.86. The Labute approximate surface area is 183 Å². The van der Waals surface area contributed by atoms with Gasteiger partial charge in [-0.1, -0.05) is 35.7 Å². The zero-order valence-corrected chi connectivity index (χ0v) is 18.8. The van der Waals surface area contributed by atoms with Gasteiger partial charge in [0.1, 0.15) is 0 Å². The van der Waals surface area contributed by atoms with Crippen LogP contribution in [0.5, 0.6) is 5.75 Å². The Morgan fingerprint density at radius 2 is 1.90 bits per heavy atom. The second-order valence-electron chi connectivity index (χ2n) is 7.25. The van der Waals surface area contributed by atoms with Gasteiger partial charge in [-0.3, -0.25) is 14.2 Å². The predicted octanol–water partition coefficient (Wildman–Crippen LogP) is 5.31. The minimum atomic E-state index is -0.582. The third-order valence-electron chi connectivity index (χ3n) is 5.36. The van der Waals surface area contributed by atoms with Crippen LogP contribution < -0.4 is 10.5 Å². The lowest BCUT2D eigenvalue weighted by atomic mass is 9.90. The average molecular weight is 475 g/mol. The van der Waals surface area contributed by atoms with Gasteiger partial charge in [-0.15, -0.1) is 0 Å². The summed E-state index contributed by atoms with van der Waals surface area (Å²) in [6.07, 6.45) is 2.26. The van der Waals surface area contributed by atoms with E-state index in [1.807, 2.05) is 6.92 Å². The molecule has 0 aliphatic carbocycles. The lowest BCUT2D eigenvalue weighted by molar-refractivity contribution is -0.119. The van der Waals surface area contributed by atoms with Gasteiger partial charge in [-0.25, -0.2) is 4.39 Å². The van der Waals surface area contributed by atoms with Crippen molar-refractivity contribution in [1.29, 1.82) is 0 Å². The van der Waals surface area contributed by atoms with Crippen molar-refractivity contribution in [3.63, 3.8) is 0 Å². The van der Waals surface area contributed by atoms with Crippen LogP contribution in [0.1, 0.15) is 53.7 Å². The highest BCUT2D eigenvalue weighted by molar-refractivity contribution is 9.10. The van der Waals surface area contributed by atoms with Gasteiger partial charge >= 0.3 is 0 Å². The fourth-order valence-corrected chi connectivity index (χ4v) is 4.12. The van der Waals surface area contributed by atoms with Crippen LogP contribution in [-0.2, 0) is 4.79 Å². The molecule has 0 aliphatic rings. The summed E-state index contributed by atoms with van der Waals surface area (Å²) in [7, 11) is 1.38. The number of nitrogens with zero attached hydrogens (tertiary/aromatic N) is 1. The molecule has 158 valence electrons. The number of aromatic nitrogens is 1. The van der Waals surface area contributed by atoms with Gasteiger partial charge in [0.05, 0.1) is 18.5 Å². The number of carbonyl (C=O) groups excluding carboxylic acids is 2. The second kappa shape index (κ2) is 9.00. The van der Waals surface area contributed by atoms with Crippen molar-refractivity contribution in [3.05, 3.63) is 63.5 Å². The van der Waals surface area contributed by atoms with Crippen molar-refractivity contribution in [2.75, 3.05) is 7.11 Å². The Kier molecular flexibility index (Phi) is 6.61. The molecule has 3 aromatic rings. The highest BCUT2D eigenvalue weighted by Crippen LogP contribution is 2.38. The number of unbranched alkanes of at least 4 members (excludes halogenated alkanes) is 1. The largest absolute Gasteiger partial charge is 0.494 e. The van der Waals surface area contributed by atoms with E-state index >= 15 is 0 Å². The standard InChI is InChI=1S/C23H24BrFN2O3/c1-4-5-6-16(22(26)28)21-13(2)27(23(29)14-7-9-15(24)10-8-14)19-12-18(25)20(30-3)11-17(19)21/h7-12,16H,4-6H2,1-3H3,(H2,26,28). The van der Waals surface area contributed by atoms with Crippen molar-refractivity contribution >= 4 is 38.6 Å². The molecular weight excluding hydrogens is 451 g/mol. The molecule has 0 saturated heterocycles. The van der Waals surface area contributed by atoms with E-state index in [0.717, 1.165) is 17.3 Å². The van der Waals surface area contributed by atoms with E-state index < -0.39 is 17.6 Å². The summed E-state index contributed by atoms with van der Waals surface area (Å²) < 4.78 is 22.0. The van der Waals surface area contributed by atoms with E-state index in [4.69, 9.17) is 10.5 Å². The number of hydrogen-bond donors (Lipinski definition) is 1. The smallest absolute Gasteiger partial charge is 0.262 e. The number of halogens is 2. The number of benzene rings is 2. The van der Waals surface area contributed by atoms with Gasteiger partial charge in [-0.05, 0) is 49.2 Å². The van der Waals surface area contributed by atoms with Crippen LogP contribution in [0, 0.1) is 12.7 Å². The number of carbonyl (C=O) groups is 2. The Balaban J connectivity index is 2.30. The topological polar surface area (TPSA) is 74.3 Å². The SMILES string of the molecule is CCCCC(C(N)=O)c1c(C)n(C(=O)c2ccc(Br)cc2)c2cc(F)c(OC)cc12. The third kappa shape index (κ3) is 3.99. The Morgan fingerprint density at radius 1 is 1.23 bits per heavy atom. The molecule has 30 heavy (non-hydrogen) atoms. The number of rotatable bonds is 7. The van der Waals surface area contributed by atoms with Gasteiger partial charge in [0.25, 0.3) is 5.91 Å². The fraction of sp³-hybridized carbons (Fsp3) is 0.304. The normalized spacial score (nSPS) is 12.2. The first kappa shape index (κ1) is 22.0. The molecule has 1 amide bonds. The first-order valence-corrected chi connectivity index (χ1v) is 10.6. The minimum absolute atomic E-state index is 0.0516. The highest BCUT2D eigenvalue weighted by Gasteiger charge is 2.29. The molecule has 7 heteroatoms. The average Bonchev–Trinajstić information content (AvgIpc) is 2.98. The first-order valence-electron chi connectivity index (χ1n) is 9.78. The lowest BCUT2D eigenvalue weighted by Gasteiger charge is -2.15. The quantitative estimate of drug-likeness (QED) is 0.504. The van der Waals surface area contributed by atoms with Gasteiger partial charge in [-0.2, -0.15) is 0 Å². The van der Waals surface area contributed by atoms with Gasteiger partial charge in [0.2, 0.25) is 5.91 Å². The summed E-state index contributed by atoms with van der Waals surface area (Å²) in [5, 5.41) is 0.594. The molecule has 0 fully saturated rings. The van der Waals surface area contributed by atoms with Crippen LogP contribution in [0.2, 0.25) is 0 Å². The molecule has 0 radical (unpaired) electrons. The molecule has 2 N–H and O–H groups in total. The van der Waals surface area contributed by atoms with E-state index in [-0.39, 0.29) is 11.7 Å². The maximum atomic E-state index is 14.6. The number of ether oxygens (including phenoxy) is 1. The van der Waals surface area contributed by atoms with Crippen molar-refractivity contribution in [3.8, 4) is 5.75 Å². The van der Waals surface area contributed by atoms with Crippen molar-refractivity contribution in [1.82, 2.24) is 4.57 Å². The van der Waals surface area contributed by atoms with Crippen LogP contribution in [0.3, 0.4) is 0 Å². The molecule has 3 rings (SSSR count). The zero-order chi connectivity index (χ0) is 22.0. The molecule has 1 unspecified atom stereocenters. The molecular formula is C23H24BrFN2O3. The van der Waals surface area contributed by atoms with Gasteiger partial charge in [0, 0.05) is 27.2 Å². The minimum Gasteiger partial charge on any atom is -0.494 e. The van der Waals surface area contributed by atoms with Crippen molar-refractivity contribution < 1.29 is 18.7 Å². The molecule has 0 bridgehead atoms. The number of primary amides is 1. The van der Waals surface area contributed by atoms with Gasteiger partial charge in [0.15, 0.2) is 11.6 Å². The van der Waals surface area contributed by atoms with Crippen LogP contribution >= 0.6 is 15.9 Å². The lowest BCUT2D eigenvalue weighted by Crippen LogP contribution is -2.22. The van der Waals surface area contributed by atoms with Crippen molar-refractivity contribution in [2.45, 2.75) is 39.0 Å². The zero-order valence-electron chi connectivity index (χ0n) is 17.2. The van der Waals surface area contributed by atoms with Crippen LogP contribution in [0.4, 0.5) is 4.39 Å². The van der Waals surface area contributed by atoms with E-state index in [2.05, 4.69) is 15.9 Å². The van der Waals surface area contributed by atoms with E-state index in [0.29, 0.717) is 34.1 Å². The molecule has 0 saturated carbocycles. The molecule has 0 spiro atoms. The number of amides is 1.